The summed E-state index contributed by atoms with van der Waals surface area (Å²) in [6, 6.07) is 7.18. The van der Waals surface area contributed by atoms with Crippen LogP contribution in [-0.2, 0) is 6.61 Å². The molecule has 0 saturated heterocycles. The van der Waals surface area contributed by atoms with Crippen LogP contribution < -0.4 is 10.5 Å². The van der Waals surface area contributed by atoms with Gasteiger partial charge in [-0.1, -0.05) is 6.07 Å². The van der Waals surface area contributed by atoms with E-state index in [0.29, 0.717) is 22.7 Å². The summed E-state index contributed by atoms with van der Waals surface area (Å²) in [7, 11) is 0. The average molecular weight is 300 g/mol. The highest BCUT2D eigenvalue weighted by atomic mass is 32.1. The number of ether oxygens (including phenoxy) is 1. The first-order valence-corrected chi connectivity index (χ1v) is 7.09. The van der Waals surface area contributed by atoms with Crippen molar-refractivity contribution in [2.75, 3.05) is 5.73 Å². The van der Waals surface area contributed by atoms with Crippen LogP contribution in [0.1, 0.15) is 15.9 Å². The number of hydrogen-bond donors (Lipinski definition) is 2. The lowest BCUT2D eigenvalue weighted by Crippen LogP contribution is -1.98. The molecular weight excluding hydrogens is 288 g/mol. The minimum atomic E-state index is -0.974. The van der Waals surface area contributed by atoms with E-state index in [1.54, 1.807) is 18.3 Å². The Morgan fingerprint density at radius 2 is 2.24 bits per heavy atom. The summed E-state index contributed by atoms with van der Waals surface area (Å²) in [5, 5.41) is 11.9. The van der Waals surface area contributed by atoms with Crippen LogP contribution in [0.5, 0.6) is 5.75 Å². The van der Waals surface area contributed by atoms with Crippen molar-refractivity contribution in [3.05, 3.63) is 53.2 Å². The smallest absolute Gasteiger partial charge is 0.338 e. The third-order valence-electron chi connectivity index (χ3n) is 3.04. The Kier molecular flexibility index (Phi) is 3.45. The molecule has 0 radical (unpaired) electrons. The van der Waals surface area contributed by atoms with Crippen molar-refractivity contribution in [3.8, 4) is 5.75 Å². The number of anilines is 1. The lowest BCUT2D eigenvalue weighted by atomic mass is 10.2. The van der Waals surface area contributed by atoms with Gasteiger partial charge < -0.3 is 15.6 Å². The molecule has 3 aromatic rings. The van der Waals surface area contributed by atoms with E-state index < -0.39 is 5.97 Å². The van der Waals surface area contributed by atoms with Gasteiger partial charge in [-0.3, -0.25) is 4.98 Å². The minimum Gasteiger partial charge on any atom is -0.489 e. The van der Waals surface area contributed by atoms with Crippen LogP contribution in [0.3, 0.4) is 0 Å². The van der Waals surface area contributed by atoms with E-state index in [4.69, 9.17) is 15.6 Å². The second-order valence-corrected chi connectivity index (χ2v) is 5.37. The summed E-state index contributed by atoms with van der Waals surface area (Å²) in [6.45, 7) is 0.341. The summed E-state index contributed by atoms with van der Waals surface area (Å²) in [6.07, 6.45) is 3.03. The van der Waals surface area contributed by atoms with Gasteiger partial charge in [0.05, 0.1) is 10.3 Å². The van der Waals surface area contributed by atoms with Crippen LogP contribution in [0.15, 0.2) is 42.0 Å². The molecule has 0 atom stereocenters. The van der Waals surface area contributed by atoms with E-state index in [9.17, 15) is 4.79 Å². The molecule has 0 aliphatic heterocycles. The second-order valence-electron chi connectivity index (χ2n) is 4.49. The first-order chi connectivity index (χ1) is 10.1. The molecular formula is C15H12N2O3S. The fourth-order valence-corrected chi connectivity index (χ4v) is 3.06. The molecule has 3 rings (SSSR count). The molecule has 5 nitrogen and oxygen atoms in total. The van der Waals surface area contributed by atoms with Crippen LogP contribution in [0.25, 0.3) is 10.1 Å². The number of hydrogen-bond acceptors (Lipinski definition) is 5. The highest BCUT2D eigenvalue weighted by molar-refractivity contribution is 7.17. The van der Waals surface area contributed by atoms with E-state index in [1.807, 2.05) is 17.5 Å². The summed E-state index contributed by atoms with van der Waals surface area (Å²) >= 11 is 1.38. The Morgan fingerprint density at radius 3 is 3.00 bits per heavy atom. The first-order valence-electron chi connectivity index (χ1n) is 6.21. The predicted octanol–water partition coefficient (Wildman–Crippen LogP) is 3.16. The summed E-state index contributed by atoms with van der Waals surface area (Å²) in [5.41, 5.74) is 7.46. The highest BCUT2D eigenvalue weighted by Gasteiger charge is 2.13. The van der Waals surface area contributed by atoms with E-state index in [-0.39, 0.29) is 5.56 Å². The van der Waals surface area contributed by atoms with Crippen LogP contribution in [0.2, 0.25) is 0 Å². The molecule has 0 bridgehead atoms. The van der Waals surface area contributed by atoms with Crippen molar-refractivity contribution >= 4 is 33.1 Å². The molecule has 0 aliphatic carbocycles. The van der Waals surface area contributed by atoms with Gasteiger partial charge in [0, 0.05) is 35.1 Å². The minimum absolute atomic E-state index is 0.215. The van der Waals surface area contributed by atoms with Crippen LogP contribution in [0, 0.1) is 0 Å². The van der Waals surface area contributed by atoms with Gasteiger partial charge in [0.15, 0.2) is 0 Å². The molecule has 1 aromatic carbocycles. The van der Waals surface area contributed by atoms with Crippen LogP contribution >= 0.6 is 11.3 Å². The Morgan fingerprint density at radius 1 is 1.38 bits per heavy atom. The Labute approximate surface area is 124 Å². The number of aromatic carboxylic acids is 1. The lowest BCUT2D eigenvalue weighted by Gasteiger charge is -2.06. The molecule has 2 heterocycles. The summed E-state index contributed by atoms with van der Waals surface area (Å²) in [5.74, 6) is -0.296. The van der Waals surface area contributed by atoms with Gasteiger partial charge in [-0.05, 0) is 17.5 Å². The standard InChI is InChI=1S/C15H12N2O3S/c16-10-2-1-3-11(4-10)20-7-9-8-21-14-12(9)5-17-6-13(14)15(18)19/h1-6,8H,7,16H2,(H,18,19). The maximum atomic E-state index is 11.2. The number of nitrogen functional groups attached to an aromatic ring is 1. The number of thiophene rings is 1. The van der Waals surface area contributed by atoms with Gasteiger partial charge in [-0.25, -0.2) is 4.79 Å². The Hall–Kier alpha value is -2.60. The van der Waals surface area contributed by atoms with E-state index in [1.165, 1.54) is 17.5 Å². The van der Waals surface area contributed by atoms with Gasteiger partial charge in [0.25, 0.3) is 0 Å². The second kappa shape index (κ2) is 5.41. The highest BCUT2D eigenvalue weighted by Crippen LogP contribution is 2.29. The largest absolute Gasteiger partial charge is 0.489 e. The quantitative estimate of drug-likeness (QED) is 0.723. The maximum Gasteiger partial charge on any atom is 0.338 e. The fraction of sp³-hybridized carbons (Fsp3) is 0.0667. The van der Waals surface area contributed by atoms with E-state index >= 15 is 0 Å². The molecule has 21 heavy (non-hydrogen) atoms. The predicted molar refractivity (Wildman–Crippen MR) is 81.8 cm³/mol. The topological polar surface area (TPSA) is 85.4 Å². The number of benzene rings is 1. The first kappa shape index (κ1) is 13.4. The molecule has 0 spiro atoms. The lowest BCUT2D eigenvalue weighted by molar-refractivity contribution is 0.0699. The zero-order valence-electron chi connectivity index (χ0n) is 10.9. The number of pyridine rings is 1. The Balaban J connectivity index is 1.88. The van der Waals surface area contributed by atoms with Crippen LogP contribution in [-0.4, -0.2) is 16.1 Å². The molecule has 3 N–H and O–H groups in total. The number of nitrogens with two attached hydrogens (primary N) is 1. The fourth-order valence-electron chi connectivity index (χ4n) is 2.03. The van der Waals surface area contributed by atoms with E-state index in [2.05, 4.69) is 4.98 Å². The van der Waals surface area contributed by atoms with Gasteiger partial charge in [-0.15, -0.1) is 11.3 Å². The average Bonchev–Trinajstić information content (AvgIpc) is 2.88. The molecule has 0 fully saturated rings. The molecule has 2 aromatic heterocycles. The van der Waals surface area contributed by atoms with Crippen molar-refractivity contribution in [1.29, 1.82) is 0 Å². The molecule has 0 aliphatic rings. The van der Waals surface area contributed by atoms with Gasteiger partial charge >= 0.3 is 5.97 Å². The number of rotatable bonds is 4. The van der Waals surface area contributed by atoms with Gasteiger partial charge in [0.1, 0.15) is 12.4 Å². The van der Waals surface area contributed by atoms with Crippen molar-refractivity contribution in [2.24, 2.45) is 0 Å². The van der Waals surface area contributed by atoms with Crippen molar-refractivity contribution in [2.45, 2.75) is 6.61 Å². The number of fused-ring (bicyclic) bond motifs is 1. The molecule has 106 valence electrons. The van der Waals surface area contributed by atoms with Crippen molar-refractivity contribution in [1.82, 2.24) is 4.98 Å². The molecule has 0 amide bonds. The summed E-state index contributed by atoms with van der Waals surface area (Å²) < 4.78 is 6.40. The molecule has 0 saturated carbocycles. The zero-order chi connectivity index (χ0) is 14.8. The Bertz CT molecular complexity index is 814. The zero-order valence-corrected chi connectivity index (χ0v) is 11.8. The van der Waals surface area contributed by atoms with Gasteiger partial charge in [0.2, 0.25) is 0 Å². The van der Waals surface area contributed by atoms with E-state index in [0.717, 1.165) is 10.9 Å². The van der Waals surface area contributed by atoms with Crippen molar-refractivity contribution in [3.63, 3.8) is 0 Å². The number of aromatic nitrogens is 1. The summed E-state index contributed by atoms with van der Waals surface area (Å²) in [4.78, 5) is 15.1. The van der Waals surface area contributed by atoms with Crippen molar-refractivity contribution < 1.29 is 14.6 Å². The number of carbonyl (C=O) groups is 1. The molecule has 0 unspecified atom stereocenters. The maximum absolute atomic E-state index is 11.2. The van der Waals surface area contributed by atoms with Crippen LogP contribution in [0.4, 0.5) is 5.69 Å². The number of carboxylic acids is 1. The number of carboxylic acid groups (broad SMARTS) is 1. The third-order valence-corrected chi connectivity index (χ3v) is 4.12. The number of nitrogens with zero attached hydrogens (tertiary/aromatic N) is 1. The van der Waals surface area contributed by atoms with Gasteiger partial charge in [-0.2, -0.15) is 0 Å². The third kappa shape index (κ3) is 2.66. The normalized spacial score (nSPS) is 10.7. The molecule has 6 heteroatoms. The SMILES string of the molecule is Nc1cccc(OCc2csc3c(C(=O)O)cncc23)c1. The monoisotopic (exact) mass is 300 g/mol.